The van der Waals surface area contributed by atoms with Gasteiger partial charge in [0.1, 0.15) is 5.69 Å². The van der Waals surface area contributed by atoms with Crippen LogP contribution >= 0.6 is 15.9 Å². The van der Waals surface area contributed by atoms with Crippen LogP contribution in [0, 0.1) is 5.92 Å². The van der Waals surface area contributed by atoms with Crippen molar-refractivity contribution in [2.75, 3.05) is 13.1 Å². The van der Waals surface area contributed by atoms with Crippen molar-refractivity contribution in [3.8, 4) is 11.5 Å². The van der Waals surface area contributed by atoms with E-state index >= 15 is 0 Å². The van der Waals surface area contributed by atoms with Gasteiger partial charge in [-0.05, 0) is 40.5 Å². The Morgan fingerprint density at radius 2 is 2.33 bits per heavy atom. The Bertz CT molecular complexity index is 557. The lowest BCUT2D eigenvalue weighted by Gasteiger charge is -2.07. The number of aromatic nitrogens is 3. The highest BCUT2D eigenvalue weighted by Crippen LogP contribution is 2.29. The molecule has 1 aliphatic rings. The zero-order valence-electron chi connectivity index (χ0n) is 9.93. The Labute approximate surface area is 113 Å². The molecular weight excluding hydrogens is 296 g/mol. The fourth-order valence-electron chi connectivity index (χ4n) is 2.17. The number of rotatable bonds is 2. The van der Waals surface area contributed by atoms with E-state index in [4.69, 9.17) is 4.52 Å². The summed E-state index contributed by atoms with van der Waals surface area (Å²) in [5.41, 5.74) is 0.714. The number of hydrogen-bond donors (Lipinski definition) is 1. The maximum Gasteiger partial charge on any atom is 0.231 e. The average molecular weight is 309 g/mol. The molecule has 1 aliphatic heterocycles. The first-order valence-corrected chi connectivity index (χ1v) is 6.70. The molecular formula is C12H13BrN4O. The van der Waals surface area contributed by atoms with Gasteiger partial charge < -0.3 is 9.84 Å². The van der Waals surface area contributed by atoms with E-state index in [9.17, 15) is 0 Å². The van der Waals surface area contributed by atoms with Crippen molar-refractivity contribution in [2.45, 2.75) is 12.8 Å². The molecule has 1 N–H and O–H groups in total. The van der Waals surface area contributed by atoms with Gasteiger partial charge in [0.2, 0.25) is 11.7 Å². The third kappa shape index (κ3) is 2.06. The molecule has 0 unspecified atom stereocenters. The molecule has 0 saturated carbocycles. The van der Waals surface area contributed by atoms with Crippen molar-refractivity contribution in [1.82, 2.24) is 20.4 Å². The Morgan fingerprint density at radius 1 is 1.44 bits per heavy atom. The maximum absolute atomic E-state index is 5.37. The predicted octanol–water partition coefficient (Wildman–Crippen LogP) is 2.22. The SMILES string of the molecule is C[C@@H]1CNC[C@H]1c1nc(-c2ncccc2Br)no1. The van der Waals surface area contributed by atoms with Crippen LogP contribution in [0.15, 0.2) is 27.3 Å². The summed E-state index contributed by atoms with van der Waals surface area (Å²) in [6.45, 7) is 4.08. The lowest BCUT2D eigenvalue weighted by Crippen LogP contribution is -2.08. The lowest BCUT2D eigenvalue weighted by atomic mass is 9.98. The highest BCUT2D eigenvalue weighted by Gasteiger charge is 2.30. The van der Waals surface area contributed by atoms with Gasteiger partial charge in [-0.2, -0.15) is 4.98 Å². The van der Waals surface area contributed by atoms with Crippen molar-refractivity contribution in [2.24, 2.45) is 5.92 Å². The van der Waals surface area contributed by atoms with Crippen LogP contribution in [0.1, 0.15) is 18.7 Å². The van der Waals surface area contributed by atoms with Crippen molar-refractivity contribution in [3.63, 3.8) is 0 Å². The number of nitrogens with one attached hydrogen (secondary N) is 1. The highest BCUT2D eigenvalue weighted by molar-refractivity contribution is 9.10. The van der Waals surface area contributed by atoms with Crippen LogP contribution in [-0.4, -0.2) is 28.2 Å². The van der Waals surface area contributed by atoms with Gasteiger partial charge in [0.15, 0.2) is 0 Å². The van der Waals surface area contributed by atoms with E-state index in [0.717, 1.165) is 17.6 Å². The summed E-state index contributed by atoms with van der Waals surface area (Å²) >= 11 is 3.44. The first kappa shape index (κ1) is 11.8. The first-order valence-electron chi connectivity index (χ1n) is 5.91. The molecule has 2 aromatic heterocycles. The summed E-state index contributed by atoms with van der Waals surface area (Å²) in [5.74, 6) is 2.05. The quantitative estimate of drug-likeness (QED) is 0.921. The predicted molar refractivity (Wildman–Crippen MR) is 70.0 cm³/mol. The molecule has 94 valence electrons. The normalized spacial score (nSPS) is 23.4. The van der Waals surface area contributed by atoms with E-state index in [1.165, 1.54) is 0 Å². The molecule has 0 amide bonds. The van der Waals surface area contributed by atoms with Crippen molar-refractivity contribution in [3.05, 3.63) is 28.7 Å². The van der Waals surface area contributed by atoms with Gasteiger partial charge in [0, 0.05) is 17.2 Å². The van der Waals surface area contributed by atoms with Gasteiger partial charge in [0.25, 0.3) is 0 Å². The van der Waals surface area contributed by atoms with Crippen LogP contribution in [0.5, 0.6) is 0 Å². The van der Waals surface area contributed by atoms with Gasteiger partial charge in [-0.15, -0.1) is 0 Å². The standard InChI is InChI=1S/C12H13BrN4O/c1-7-5-14-6-8(7)12-16-11(17-18-12)10-9(13)3-2-4-15-10/h2-4,7-8,14H,5-6H2,1H3/t7-,8-/m1/s1. The van der Waals surface area contributed by atoms with Crippen LogP contribution in [-0.2, 0) is 0 Å². The van der Waals surface area contributed by atoms with Crippen molar-refractivity contribution < 1.29 is 4.52 Å². The summed E-state index contributed by atoms with van der Waals surface area (Å²) in [6.07, 6.45) is 1.72. The third-order valence-electron chi connectivity index (χ3n) is 3.25. The van der Waals surface area contributed by atoms with Crippen LogP contribution < -0.4 is 5.32 Å². The van der Waals surface area contributed by atoms with Crippen LogP contribution in [0.2, 0.25) is 0 Å². The Balaban J connectivity index is 1.92. The van der Waals surface area contributed by atoms with Crippen LogP contribution in [0.4, 0.5) is 0 Å². The minimum atomic E-state index is 0.300. The van der Waals surface area contributed by atoms with Gasteiger partial charge in [-0.3, -0.25) is 4.98 Å². The van der Waals surface area contributed by atoms with Gasteiger partial charge in [0.05, 0.1) is 5.92 Å². The second-order valence-electron chi connectivity index (χ2n) is 4.53. The smallest absolute Gasteiger partial charge is 0.231 e. The summed E-state index contributed by atoms with van der Waals surface area (Å²) in [5, 5.41) is 7.35. The van der Waals surface area contributed by atoms with E-state index in [1.54, 1.807) is 6.20 Å². The minimum absolute atomic E-state index is 0.300. The molecule has 0 bridgehead atoms. The number of pyridine rings is 1. The van der Waals surface area contributed by atoms with Crippen LogP contribution in [0.25, 0.3) is 11.5 Å². The summed E-state index contributed by atoms with van der Waals surface area (Å²) in [7, 11) is 0. The Morgan fingerprint density at radius 3 is 3.06 bits per heavy atom. The van der Waals surface area contributed by atoms with E-state index in [0.29, 0.717) is 29.2 Å². The zero-order chi connectivity index (χ0) is 12.5. The molecule has 18 heavy (non-hydrogen) atoms. The second-order valence-corrected chi connectivity index (χ2v) is 5.39. The Kier molecular flexibility index (Phi) is 3.13. The second kappa shape index (κ2) is 4.78. The van der Waals surface area contributed by atoms with E-state index in [-0.39, 0.29) is 0 Å². The Hall–Kier alpha value is -1.27. The summed E-state index contributed by atoms with van der Waals surface area (Å²) in [4.78, 5) is 8.72. The molecule has 5 nitrogen and oxygen atoms in total. The number of hydrogen-bond acceptors (Lipinski definition) is 5. The van der Waals surface area contributed by atoms with Gasteiger partial charge in [-0.25, -0.2) is 0 Å². The summed E-state index contributed by atoms with van der Waals surface area (Å²) < 4.78 is 6.24. The minimum Gasteiger partial charge on any atom is -0.339 e. The lowest BCUT2D eigenvalue weighted by molar-refractivity contribution is 0.340. The topological polar surface area (TPSA) is 63.8 Å². The molecule has 1 saturated heterocycles. The molecule has 0 aromatic carbocycles. The largest absolute Gasteiger partial charge is 0.339 e. The number of halogens is 1. The molecule has 0 spiro atoms. The molecule has 3 heterocycles. The molecule has 2 atom stereocenters. The third-order valence-corrected chi connectivity index (χ3v) is 3.89. The fraction of sp³-hybridized carbons (Fsp3) is 0.417. The van der Waals surface area contributed by atoms with Crippen LogP contribution in [0.3, 0.4) is 0 Å². The summed E-state index contributed by atoms with van der Waals surface area (Å²) in [6, 6.07) is 3.77. The van der Waals surface area contributed by atoms with Crippen molar-refractivity contribution in [1.29, 1.82) is 0 Å². The van der Waals surface area contributed by atoms with Crippen molar-refractivity contribution >= 4 is 15.9 Å². The van der Waals surface area contributed by atoms with E-state index < -0.39 is 0 Å². The molecule has 0 radical (unpaired) electrons. The monoisotopic (exact) mass is 308 g/mol. The molecule has 0 aliphatic carbocycles. The average Bonchev–Trinajstić information content (AvgIpc) is 2.98. The molecule has 3 rings (SSSR count). The highest BCUT2D eigenvalue weighted by atomic mass is 79.9. The van der Waals surface area contributed by atoms with E-state index in [2.05, 4.69) is 43.3 Å². The molecule has 6 heteroatoms. The zero-order valence-corrected chi connectivity index (χ0v) is 11.5. The molecule has 1 fully saturated rings. The maximum atomic E-state index is 5.37. The number of nitrogens with zero attached hydrogens (tertiary/aromatic N) is 3. The fourth-order valence-corrected chi connectivity index (χ4v) is 2.61. The van der Waals surface area contributed by atoms with E-state index in [1.807, 2.05) is 12.1 Å². The van der Waals surface area contributed by atoms with Gasteiger partial charge in [-0.1, -0.05) is 12.1 Å². The first-order chi connectivity index (χ1) is 8.75. The molecule has 2 aromatic rings. The van der Waals surface area contributed by atoms with Gasteiger partial charge >= 0.3 is 0 Å².